The average molecular weight is 151 g/mol. The second-order valence-corrected chi connectivity index (χ2v) is 2.49. The Balaban J connectivity index is 2.34. The summed E-state index contributed by atoms with van der Waals surface area (Å²) in [5.41, 5.74) is 1.02. The lowest BCUT2D eigenvalue weighted by Crippen LogP contribution is -2.35. The van der Waals surface area contributed by atoms with E-state index in [2.05, 4.69) is 15.3 Å². The molecule has 0 aromatic carbocycles. The molecule has 0 spiro atoms. The van der Waals surface area contributed by atoms with Gasteiger partial charge in [0.2, 0.25) is 5.88 Å². The van der Waals surface area contributed by atoms with E-state index in [1.807, 2.05) is 6.92 Å². The highest BCUT2D eigenvalue weighted by atomic mass is 16.5. The fourth-order valence-corrected chi connectivity index (χ4v) is 1.04. The van der Waals surface area contributed by atoms with Crippen molar-refractivity contribution < 1.29 is 4.74 Å². The number of fused-ring (bicyclic) bond motifs is 1. The Morgan fingerprint density at radius 3 is 3.55 bits per heavy atom. The first-order valence-electron chi connectivity index (χ1n) is 3.55. The molecule has 2 rings (SSSR count). The van der Waals surface area contributed by atoms with Crippen molar-refractivity contribution in [3.8, 4) is 5.88 Å². The quantitative estimate of drug-likeness (QED) is 0.579. The van der Waals surface area contributed by atoms with E-state index in [0.717, 1.165) is 12.1 Å². The standard InChI is InChI=1S/C7H9N3O/c1-5-9-3-6-2-8-4-10-7(6)11-5/h2,4-5,9H,3H2,1H3. The molecule has 1 atom stereocenters. The molecule has 0 fully saturated rings. The summed E-state index contributed by atoms with van der Waals surface area (Å²) in [5.74, 6) is 0.700. The summed E-state index contributed by atoms with van der Waals surface area (Å²) < 4.78 is 5.37. The Bertz CT molecular complexity index is 264. The highest BCUT2D eigenvalue weighted by Crippen LogP contribution is 2.17. The van der Waals surface area contributed by atoms with Crippen molar-refractivity contribution in [3.63, 3.8) is 0 Å². The van der Waals surface area contributed by atoms with E-state index in [4.69, 9.17) is 4.74 Å². The number of hydrogen-bond acceptors (Lipinski definition) is 4. The predicted octanol–water partition coefficient (Wildman–Crippen LogP) is 0.305. The van der Waals surface area contributed by atoms with Crippen LogP contribution in [0.3, 0.4) is 0 Å². The molecule has 1 aliphatic rings. The van der Waals surface area contributed by atoms with Crippen LogP contribution in [0.1, 0.15) is 12.5 Å². The van der Waals surface area contributed by atoms with Crippen LogP contribution in [0.5, 0.6) is 5.88 Å². The van der Waals surface area contributed by atoms with Crippen LogP contribution in [-0.2, 0) is 6.54 Å². The van der Waals surface area contributed by atoms with Gasteiger partial charge < -0.3 is 4.74 Å². The number of rotatable bonds is 0. The van der Waals surface area contributed by atoms with Gasteiger partial charge in [0.25, 0.3) is 0 Å². The van der Waals surface area contributed by atoms with Gasteiger partial charge in [-0.1, -0.05) is 0 Å². The first-order chi connectivity index (χ1) is 5.36. The molecule has 0 radical (unpaired) electrons. The van der Waals surface area contributed by atoms with Crippen molar-refractivity contribution in [3.05, 3.63) is 18.1 Å². The van der Waals surface area contributed by atoms with Crippen molar-refractivity contribution in [1.82, 2.24) is 15.3 Å². The molecule has 0 bridgehead atoms. The monoisotopic (exact) mass is 151 g/mol. The Labute approximate surface area is 64.6 Å². The summed E-state index contributed by atoms with van der Waals surface area (Å²) in [4.78, 5) is 7.89. The zero-order valence-electron chi connectivity index (χ0n) is 6.24. The van der Waals surface area contributed by atoms with E-state index >= 15 is 0 Å². The van der Waals surface area contributed by atoms with Crippen LogP contribution in [0, 0.1) is 0 Å². The number of aromatic nitrogens is 2. The van der Waals surface area contributed by atoms with Crippen molar-refractivity contribution >= 4 is 0 Å². The number of nitrogens with one attached hydrogen (secondary N) is 1. The van der Waals surface area contributed by atoms with Crippen LogP contribution in [0.4, 0.5) is 0 Å². The lowest BCUT2D eigenvalue weighted by atomic mass is 10.3. The molecule has 1 aliphatic heterocycles. The van der Waals surface area contributed by atoms with Gasteiger partial charge in [0.15, 0.2) is 0 Å². The van der Waals surface area contributed by atoms with E-state index in [0.29, 0.717) is 5.88 Å². The lowest BCUT2D eigenvalue weighted by Gasteiger charge is -2.22. The second kappa shape index (κ2) is 2.47. The number of hydrogen-bond donors (Lipinski definition) is 1. The van der Waals surface area contributed by atoms with Gasteiger partial charge in [0.1, 0.15) is 12.6 Å². The van der Waals surface area contributed by atoms with Crippen molar-refractivity contribution in [2.45, 2.75) is 19.7 Å². The molecule has 1 aromatic rings. The maximum absolute atomic E-state index is 5.37. The number of nitrogens with zero attached hydrogens (tertiary/aromatic N) is 2. The molecule has 1 unspecified atom stereocenters. The van der Waals surface area contributed by atoms with Crippen molar-refractivity contribution in [2.24, 2.45) is 0 Å². The minimum absolute atomic E-state index is 0.0531. The summed E-state index contributed by atoms with van der Waals surface area (Å²) in [6, 6.07) is 0. The first-order valence-corrected chi connectivity index (χ1v) is 3.55. The van der Waals surface area contributed by atoms with Gasteiger partial charge in [0.05, 0.1) is 0 Å². The van der Waals surface area contributed by atoms with Gasteiger partial charge in [-0.25, -0.2) is 9.97 Å². The molecule has 11 heavy (non-hydrogen) atoms. The minimum atomic E-state index is 0.0531. The summed E-state index contributed by atoms with van der Waals surface area (Å²) >= 11 is 0. The molecule has 4 heteroatoms. The zero-order chi connectivity index (χ0) is 7.68. The molecule has 0 amide bonds. The zero-order valence-corrected chi connectivity index (χ0v) is 6.24. The molecule has 1 aromatic heterocycles. The fraction of sp³-hybridized carbons (Fsp3) is 0.429. The van der Waals surface area contributed by atoms with Gasteiger partial charge in [-0.15, -0.1) is 0 Å². The van der Waals surface area contributed by atoms with Gasteiger partial charge in [0, 0.05) is 18.3 Å². The molecule has 58 valence electrons. The smallest absolute Gasteiger partial charge is 0.222 e. The minimum Gasteiger partial charge on any atom is -0.459 e. The van der Waals surface area contributed by atoms with Crippen LogP contribution in [0.25, 0.3) is 0 Å². The Hall–Kier alpha value is -1.16. The molecular weight excluding hydrogens is 142 g/mol. The third-order valence-corrected chi connectivity index (χ3v) is 1.62. The van der Waals surface area contributed by atoms with E-state index in [-0.39, 0.29) is 6.23 Å². The first kappa shape index (κ1) is 6.54. The third kappa shape index (κ3) is 1.17. The number of ether oxygens (including phenoxy) is 1. The van der Waals surface area contributed by atoms with Crippen LogP contribution in [0.2, 0.25) is 0 Å². The van der Waals surface area contributed by atoms with E-state index in [1.165, 1.54) is 6.33 Å². The fourth-order valence-electron chi connectivity index (χ4n) is 1.04. The van der Waals surface area contributed by atoms with E-state index < -0.39 is 0 Å². The summed E-state index contributed by atoms with van der Waals surface area (Å²) in [7, 11) is 0. The van der Waals surface area contributed by atoms with E-state index in [9.17, 15) is 0 Å². The molecule has 0 saturated carbocycles. The predicted molar refractivity (Wildman–Crippen MR) is 39.0 cm³/mol. The SMILES string of the molecule is CC1NCc2cncnc2O1. The maximum Gasteiger partial charge on any atom is 0.222 e. The highest BCUT2D eigenvalue weighted by Gasteiger charge is 2.15. The highest BCUT2D eigenvalue weighted by molar-refractivity contribution is 5.23. The topological polar surface area (TPSA) is 47.0 Å². The Morgan fingerprint density at radius 2 is 2.64 bits per heavy atom. The normalized spacial score (nSPS) is 22.1. The molecule has 2 heterocycles. The van der Waals surface area contributed by atoms with Gasteiger partial charge in [-0.05, 0) is 6.92 Å². The van der Waals surface area contributed by atoms with Gasteiger partial charge in [-0.2, -0.15) is 0 Å². The molecule has 1 N–H and O–H groups in total. The maximum atomic E-state index is 5.37. The van der Waals surface area contributed by atoms with Crippen molar-refractivity contribution in [1.29, 1.82) is 0 Å². The van der Waals surface area contributed by atoms with Crippen LogP contribution in [-0.4, -0.2) is 16.2 Å². The Morgan fingerprint density at radius 1 is 1.73 bits per heavy atom. The second-order valence-electron chi connectivity index (χ2n) is 2.49. The molecule has 0 aliphatic carbocycles. The average Bonchev–Trinajstić information content (AvgIpc) is 2.04. The summed E-state index contributed by atoms with van der Waals surface area (Å²) in [5, 5.41) is 3.14. The molecule has 4 nitrogen and oxygen atoms in total. The largest absolute Gasteiger partial charge is 0.459 e. The van der Waals surface area contributed by atoms with Crippen LogP contribution in [0.15, 0.2) is 12.5 Å². The van der Waals surface area contributed by atoms with Gasteiger partial charge in [-0.3, -0.25) is 5.32 Å². The lowest BCUT2D eigenvalue weighted by molar-refractivity contribution is 0.152. The molecular formula is C7H9N3O. The summed E-state index contributed by atoms with van der Waals surface area (Å²) in [6.07, 6.45) is 3.32. The molecule has 0 saturated heterocycles. The van der Waals surface area contributed by atoms with E-state index in [1.54, 1.807) is 6.20 Å². The third-order valence-electron chi connectivity index (χ3n) is 1.62. The van der Waals surface area contributed by atoms with Crippen LogP contribution >= 0.6 is 0 Å². The van der Waals surface area contributed by atoms with Crippen LogP contribution < -0.4 is 10.1 Å². The summed E-state index contributed by atoms with van der Waals surface area (Å²) in [6.45, 7) is 2.74. The van der Waals surface area contributed by atoms with Gasteiger partial charge >= 0.3 is 0 Å². The Kier molecular flexibility index (Phi) is 1.47. The van der Waals surface area contributed by atoms with Crippen molar-refractivity contribution in [2.75, 3.05) is 0 Å².